The van der Waals surface area contributed by atoms with Gasteiger partial charge in [-0.1, -0.05) is 48.5 Å². The Kier molecular flexibility index (Phi) is 22.9. The molecule has 0 unspecified atom stereocenters. The van der Waals surface area contributed by atoms with Crippen LogP contribution in [0.5, 0.6) is 0 Å². The van der Waals surface area contributed by atoms with Gasteiger partial charge in [-0.2, -0.15) is 0 Å². The van der Waals surface area contributed by atoms with Crippen LogP contribution in [-0.4, -0.2) is 62.8 Å². The van der Waals surface area contributed by atoms with Gasteiger partial charge in [-0.25, -0.2) is 0 Å². The Morgan fingerprint density at radius 2 is 1.08 bits per heavy atom. The van der Waals surface area contributed by atoms with Crippen molar-refractivity contribution in [1.29, 1.82) is 0 Å². The lowest BCUT2D eigenvalue weighted by molar-refractivity contribution is -0.0382. The predicted molar refractivity (Wildman–Crippen MR) is 112 cm³/mol. The molecule has 3 nitrogen and oxygen atoms in total. The van der Waals surface area contributed by atoms with Crippen molar-refractivity contribution in [2.45, 2.75) is 86.7 Å². The number of methoxy groups -OCH3 is 1. The molecule has 0 aliphatic carbocycles. The minimum Gasteiger partial charge on any atom is -0.378 e. The number of likely N-dealkylation sites (tertiary alicyclic amines) is 2. The Morgan fingerprint density at radius 3 is 1.38 bits per heavy atom. The van der Waals surface area contributed by atoms with Gasteiger partial charge in [-0.05, 0) is 65.7 Å². The monoisotopic (exact) mass is 346 g/mol. The van der Waals surface area contributed by atoms with Crippen LogP contribution in [0, 0.1) is 5.92 Å². The summed E-state index contributed by atoms with van der Waals surface area (Å²) in [4.78, 5) is 4.75. The summed E-state index contributed by atoms with van der Waals surface area (Å²) in [6.07, 6.45) is 5.13. The van der Waals surface area contributed by atoms with Gasteiger partial charge >= 0.3 is 0 Å². The van der Waals surface area contributed by atoms with Crippen LogP contribution in [0.3, 0.4) is 0 Å². The van der Waals surface area contributed by atoms with Crippen molar-refractivity contribution in [3.8, 4) is 0 Å². The maximum Gasteiger partial charge on any atom is 0.0675 e. The van der Waals surface area contributed by atoms with E-state index in [-0.39, 0.29) is 5.60 Å². The zero-order chi connectivity index (χ0) is 19.6. The van der Waals surface area contributed by atoms with E-state index in [2.05, 4.69) is 37.7 Å². The second kappa shape index (κ2) is 19.2. The van der Waals surface area contributed by atoms with E-state index in [1.807, 2.05) is 48.7 Å². The highest BCUT2D eigenvalue weighted by Gasteiger charge is 2.27. The van der Waals surface area contributed by atoms with Gasteiger partial charge in [-0.3, -0.25) is 0 Å². The van der Waals surface area contributed by atoms with E-state index in [4.69, 9.17) is 4.74 Å². The quantitative estimate of drug-likeness (QED) is 0.619. The van der Waals surface area contributed by atoms with Gasteiger partial charge in [0.15, 0.2) is 0 Å². The van der Waals surface area contributed by atoms with Gasteiger partial charge < -0.3 is 14.5 Å². The minimum absolute atomic E-state index is 0.159. The Morgan fingerprint density at radius 1 is 0.750 bits per heavy atom. The van der Waals surface area contributed by atoms with E-state index in [1.54, 1.807) is 0 Å². The van der Waals surface area contributed by atoms with Crippen molar-refractivity contribution >= 4 is 0 Å². The fraction of sp³-hybridized carbons (Fsp3) is 1.00. The summed E-state index contributed by atoms with van der Waals surface area (Å²) >= 11 is 0. The van der Waals surface area contributed by atoms with Crippen molar-refractivity contribution in [2.75, 3.05) is 47.4 Å². The Labute approximate surface area is 155 Å². The average Bonchev–Trinajstić information content (AvgIpc) is 2.66. The van der Waals surface area contributed by atoms with Gasteiger partial charge in [0.25, 0.3) is 0 Å². The van der Waals surface area contributed by atoms with E-state index >= 15 is 0 Å². The molecule has 0 saturated carbocycles. The third-order valence-electron chi connectivity index (χ3n) is 4.54. The molecule has 24 heavy (non-hydrogen) atoms. The molecule has 0 aromatic carbocycles. The van der Waals surface area contributed by atoms with Crippen molar-refractivity contribution in [3.05, 3.63) is 0 Å². The van der Waals surface area contributed by atoms with Crippen LogP contribution in [0.2, 0.25) is 0 Å². The molecule has 0 aromatic heterocycles. The number of piperidine rings is 2. The van der Waals surface area contributed by atoms with E-state index in [0.717, 1.165) is 5.92 Å². The fourth-order valence-electron chi connectivity index (χ4n) is 2.43. The highest BCUT2D eigenvalue weighted by Crippen LogP contribution is 2.23. The first-order valence-corrected chi connectivity index (χ1v) is 10.4. The van der Waals surface area contributed by atoms with E-state index in [9.17, 15) is 0 Å². The zero-order valence-electron chi connectivity index (χ0n) is 19.0. The second-order valence-electron chi connectivity index (χ2n) is 6.44. The summed E-state index contributed by atoms with van der Waals surface area (Å²) in [6, 6.07) is 0. The standard InChI is InChI=1S/C8H17NO.C7H15N.3C2H6/c1-8(10-3)4-6-9(2)7-5-8;1-7-3-5-8(2)6-4-7;3*1-2/h4-7H2,1-3H3;7H,3-6H2,1-2H3;3*1-2H3. The molecule has 0 aromatic rings. The second-order valence-corrected chi connectivity index (χ2v) is 6.44. The van der Waals surface area contributed by atoms with Crippen molar-refractivity contribution in [3.63, 3.8) is 0 Å². The number of rotatable bonds is 1. The summed E-state index contributed by atoms with van der Waals surface area (Å²) in [7, 11) is 6.17. The van der Waals surface area contributed by atoms with Gasteiger partial charge in [0.2, 0.25) is 0 Å². The number of hydrogen-bond donors (Lipinski definition) is 0. The van der Waals surface area contributed by atoms with E-state index in [0.29, 0.717) is 0 Å². The number of hydrogen-bond acceptors (Lipinski definition) is 3. The smallest absolute Gasteiger partial charge is 0.0675 e. The Hall–Kier alpha value is -0.120. The molecule has 0 bridgehead atoms. The molecule has 0 N–H and O–H groups in total. The van der Waals surface area contributed by atoms with Gasteiger partial charge in [0, 0.05) is 20.2 Å². The van der Waals surface area contributed by atoms with Crippen LogP contribution in [-0.2, 0) is 4.74 Å². The molecule has 150 valence electrons. The first-order valence-electron chi connectivity index (χ1n) is 10.4. The average molecular weight is 347 g/mol. The highest BCUT2D eigenvalue weighted by molar-refractivity contribution is 4.81. The Balaban J connectivity index is -0.000000284. The molecule has 0 amide bonds. The molecule has 0 radical (unpaired) electrons. The lowest BCUT2D eigenvalue weighted by atomic mass is 9.94. The zero-order valence-corrected chi connectivity index (χ0v) is 19.0. The molecule has 2 heterocycles. The van der Waals surface area contributed by atoms with Crippen LogP contribution < -0.4 is 0 Å². The topological polar surface area (TPSA) is 15.7 Å². The maximum atomic E-state index is 5.40. The largest absolute Gasteiger partial charge is 0.378 e. The summed E-state index contributed by atoms with van der Waals surface area (Å²) in [6.45, 7) is 21.5. The van der Waals surface area contributed by atoms with Gasteiger partial charge in [-0.15, -0.1) is 0 Å². The fourth-order valence-corrected chi connectivity index (χ4v) is 2.43. The lowest BCUT2D eigenvalue weighted by Gasteiger charge is -2.36. The lowest BCUT2D eigenvalue weighted by Crippen LogP contribution is -2.41. The molecular weight excluding hydrogens is 296 g/mol. The van der Waals surface area contributed by atoms with Crippen LogP contribution >= 0.6 is 0 Å². The molecule has 2 aliphatic heterocycles. The molecule has 2 saturated heterocycles. The van der Waals surface area contributed by atoms with Crippen LogP contribution in [0.4, 0.5) is 0 Å². The van der Waals surface area contributed by atoms with Crippen molar-refractivity contribution in [1.82, 2.24) is 9.80 Å². The SMILES string of the molecule is CC.CC.CC.CC1CCN(C)CC1.COC1(C)CCN(C)CC1. The van der Waals surface area contributed by atoms with Crippen LogP contribution in [0.25, 0.3) is 0 Å². The molecule has 0 spiro atoms. The van der Waals surface area contributed by atoms with E-state index in [1.165, 1.54) is 51.9 Å². The summed E-state index contributed by atoms with van der Waals surface area (Å²) in [5.41, 5.74) is 0.159. The minimum atomic E-state index is 0.159. The predicted octanol–water partition coefficient (Wildman–Crippen LogP) is 5.54. The summed E-state index contributed by atoms with van der Waals surface area (Å²) in [5.74, 6) is 0.978. The van der Waals surface area contributed by atoms with Crippen molar-refractivity contribution < 1.29 is 4.74 Å². The summed E-state index contributed by atoms with van der Waals surface area (Å²) < 4.78 is 5.40. The molecule has 3 heteroatoms. The van der Waals surface area contributed by atoms with Gasteiger partial charge in [0.1, 0.15) is 0 Å². The number of ether oxygens (including phenoxy) is 1. The summed E-state index contributed by atoms with van der Waals surface area (Å²) in [5, 5.41) is 0. The van der Waals surface area contributed by atoms with Crippen LogP contribution in [0.15, 0.2) is 0 Å². The van der Waals surface area contributed by atoms with E-state index < -0.39 is 0 Å². The third kappa shape index (κ3) is 15.4. The molecular formula is C21H50N2O. The molecule has 0 atom stereocenters. The third-order valence-corrected chi connectivity index (χ3v) is 4.54. The molecule has 2 rings (SSSR count). The Bertz CT molecular complexity index is 208. The maximum absolute atomic E-state index is 5.40. The number of nitrogens with zero attached hydrogens (tertiary/aromatic N) is 2. The van der Waals surface area contributed by atoms with Crippen LogP contribution in [0.1, 0.15) is 81.1 Å². The highest BCUT2D eigenvalue weighted by atomic mass is 16.5. The first kappa shape index (κ1) is 28.7. The first-order chi connectivity index (χ1) is 11.4. The normalized spacial score (nSPS) is 20.6. The van der Waals surface area contributed by atoms with Crippen molar-refractivity contribution in [2.24, 2.45) is 5.92 Å². The molecule has 2 fully saturated rings. The van der Waals surface area contributed by atoms with Gasteiger partial charge in [0.05, 0.1) is 5.60 Å². The molecule has 2 aliphatic rings.